The molecule has 1 N–H and O–H groups in total. The number of rotatable bonds is 1. The smallest absolute Gasteiger partial charge is 0.811 e. The molecule has 0 aliphatic heterocycles. The van der Waals surface area contributed by atoms with Crippen LogP contribution in [0.4, 0.5) is 0 Å². The van der Waals surface area contributed by atoms with Crippen LogP contribution in [0.25, 0.3) is 0 Å². The Labute approximate surface area is 106 Å². The maximum Gasteiger partial charge on any atom is 1.00 e. The minimum Gasteiger partial charge on any atom is -0.811 e. The van der Waals surface area contributed by atoms with Crippen molar-refractivity contribution >= 4 is 24.6 Å². The zero-order valence-corrected chi connectivity index (χ0v) is 10.4. The number of aliphatic carboxylic acids is 1. The number of hydrogen-bond acceptors (Lipinski definition) is 5. The van der Waals surface area contributed by atoms with E-state index in [1.807, 2.05) is 0 Å². The van der Waals surface area contributed by atoms with E-state index < -0.39 is 18.3 Å². The Bertz CT molecular complexity index is 78.0. The molecule has 0 atom stereocenters. The van der Waals surface area contributed by atoms with E-state index in [1.165, 1.54) is 0 Å². The fourth-order valence-electron chi connectivity index (χ4n) is 0. The zero-order chi connectivity index (χ0) is 6.99. The molecule has 0 aromatic heterocycles. The van der Waals surface area contributed by atoms with Crippen molar-refractivity contribution < 1.29 is 82.9 Å². The maximum atomic E-state index is 9.00. The van der Waals surface area contributed by atoms with E-state index in [9.17, 15) is 0 Å². The molecule has 0 aromatic rings. The summed E-state index contributed by atoms with van der Waals surface area (Å²) in [4.78, 5) is 17.9. The number of carboxylic acids is 1. The summed E-state index contributed by atoms with van der Waals surface area (Å²) in [6, 6.07) is 0. The van der Waals surface area contributed by atoms with Crippen molar-refractivity contribution in [2.45, 2.75) is 0 Å². The fourth-order valence-corrected chi connectivity index (χ4v) is 0. The largest absolute Gasteiger partial charge is 1.00 e. The van der Waals surface area contributed by atoms with Gasteiger partial charge >= 0.3 is 65.1 Å². The molecule has 0 aromatic carbocycles. The zero-order valence-electron chi connectivity index (χ0n) is 5.57. The predicted octanol–water partition coefficient (Wildman–Crippen LogP) is -6.74. The summed E-state index contributed by atoms with van der Waals surface area (Å²) in [5, 5.41) is 7.35. The van der Waals surface area contributed by atoms with Gasteiger partial charge < -0.3 is 26.5 Å². The second-order valence-electron chi connectivity index (χ2n) is 0.524. The molecule has 0 amide bonds. The molecule has 0 rings (SSSR count). The van der Waals surface area contributed by atoms with Crippen molar-refractivity contribution in [1.82, 2.24) is 0 Å². The van der Waals surface area contributed by atoms with E-state index in [0.717, 1.165) is 0 Å². The molecule has 0 aliphatic carbocycles. The van der Waals surface area contributed by atoms with Crippen LogP contribution < -0.4 is 59.1 Å². The molecule has 0 radical (unpaired) electrons. The van der Waals surface area contributed by atoms with Crippen molar-refractivity contribution in [2.24, 2.45) is 0 Å². The Kier molecular flexibility index (Phi) is 50.5. The number of aldehydes is 1. The van der Waals surface area contributed by atoms with Crippen molar-refractivity contribution in [2.75, 3.05) is 0 Å². The second-order valence-corrected chi connectivity index (χ2v) is 0.660. The number of carbonyl (C=O) groups is 2. The van der Waals surface area contributed by atoms with Crippen molar-refractivity contribution in [3.63, 3.8) is 0 Å². The molecule has 0 saturated carbocycles. The van der Waals surface area contributed by atoms with Gasteiger partial charge in [0.1, 0.15) is 0 Å². The summed E-state index contributed by atoms with van der Waals surface area (Å²) in [7, 11) is 0. The van der Waals surface area contributed by atoms with E-state index in [2.05, 4.69) is 0 Å². The van der Waals surface area contributed by atoms with Gasteiger partial charge in [0.25, 0.3) is 0 Å². The van der Waals surface area contributed by atoms with Crippen LogP contribution in [0.1, 0.15) is 0 Å². The standard InChI is InChI=1S/C2H2O3.2Na.H2O2S/c3-1-2(4)5;;;1-3-2/h1H,(H,4,5);;;1-2H/q;2*+1;/p-2. The van der Waals surface area contributed by atoms with Gasteiger partial charge in [0.15, 0.2) is 0 Å². The molecular formula is C2H2Na2O5S. The molecular weight excluding hydrogens is 182 g/mol. The summed E-state index contributed by atoms with van der Waals surface area (Å²) in [5.74, 6) is -1.43. The minimum atomic E-state index is -1.43. The van der Waals surface area contributed by atoms with Gasteiger partial charge in [-0.25, -0.2) is 4.79 Å². The molecule has 10 heavy (non-hydrogen) atoms. The van der Waals surface area contributed by atoms with Crippen molar-refractivity contribution in [3.05, 3.63) is 0 Å². The molecule has 5 nitrogen and oxygen atoms in total. The molecule has 0 unspecified atom stereocenters. The quantitative estimate of drug-likeness (QED) is 0.188. The SMILES string of the molecule is O=CC(=O)O.[Na+].[Na+].[O-]S[O-]. The fraction of sp³-hybridized carbons (Fsp3) is 0. The monoisotopic (exact) mass is 184 g/mol. The molecule has 0 fully saturated rings. The molecule has 0 heterocycles. The third-order valence-corrected chi connectivity index (χ3v) is 0.101. The third kappa shape index (κ3) is 57.2. The van der Waals surface area contributed by atoms with Crippen LogP contribution in [0.3, 0.4) is 0 Å². The first-order valence-electron chi connectivity index (χ1n) is 1.29. The predicted molar refractivity (Wildman–Crippen MR) is 22.8 cm³/mol. The van der Waals surface area contributed by atoms with Gasteiger partial charge in [-0.3, -0.25) is 4.79 Å². The number of carbonyl (C=O) groups excluding carboxylic acids is 1. The second kappa shape index (κ2) is 22.4. The van der Waals surface area contributed by atoms with Crippen LogP contribution in [0.5, 0.6) is 0 Å². The first kappa shape index (κ1) is 22.5. The Hall–Kier alpha value is 1.41. The van der Waals surface area contributed by atoms with Gasteiger partial charge in [-0.2, -0.15) is 0 Å². The normalized spacial score (nSPS) is 5.00. The minimum absolute atomic E-state index is 0. The van der Waals surface area contributed by atoms with Gasteiger partial charge in [-0.1, -0.05) is 0 Å². The van der Waals surface area contributed by atoms with Crippen LogP contribution >= 0.6 is 12.3 Å². The van der Waals surface area contributed by atoms with Crippen LogP contribution in [-0.2, 0) is 9.59 Å². The van der Waals surface area contributed by atoms with Gasteiger partial charge in [0.05, 0.1) is 0 Å². The summed E-state index contributed by atoms with van der Waals surface area (Å²) < 4.78 is 16.6. The maximum absolute atomic E-state index is 9.00. The van der Waals surface area contributed by atoms with Gasteiger partial charge in [-0.05, 0) is 0 Å². The van der Waals surface area contributed by atoms with E-state index in [-0.39, 0.29) is 65.4 Å². The van der Waals surface area contributed by atoms with Crippen LogP contribution in [-0.4, -0.2) is 26.5 Å². The number of carboxylic acid groups (broad SMARTS) is 1. The molecule has 48 valence electrons. The summed E-state index contributed by atoms with van der Waals surface area (Å²) in [5.41, 5.74) is 0. The summed E-state index contributed by atoms with van der Waals surface area (Å²) >= 11 is -0.750. The van der Waals surface area contributed by atoms with Crippen LogP contribution in [0.15, 0.2) is 0 Å². The molecule has 0 aliphatic rings. The third-order valence-electron chi connectivity index (χ3n) is 0.101. The van der Waals surface area contributed by atoms with Crippen molar-refractivity contribution in [3.8, 4) is 0 Å². The Morgan fingerprint density at radius 2 is 1.50 bits per heavy atom. The molecule has 8 heteroatoms. The average molecular weight is 184 g/mol. The molecule has 0 saturated heterocycles. The summed E-state index contributed by atoms with van der Waals surface area (Å²) in [6.07, 6.45) is -0.167. The van der Waals surface area contributed by atoms with E-state index in [0.29, 0.717) is 0 Å². The Morgan fingerprint density at radius 3 is 1.50 bits per heavy atom. The van der Waals surface area contributed by atoms with E-state index >= 15 is 0 Å². The van der Waals surface area contributed by atoms with E-state index in [1.54, 1.807) is 0 Å². The summed E-state index contributed by atoms with van der Waals surface area (Å²) in [6.45, 7) is 0. The topological polar surface area (TPSA) is 100 Å². The van der Waals surface area contributed by atoms with Gasteiger partial charge in [0, 0.05) is 0 Å². The van der Waals surface area contributed by atoms with E-state index in [4.69, 9.17) is 23.8 Å². The van der Waals surface area contributed by atoms with Crippen LogP contribution in [0.2, 0.25) is 0 Å². The first-order valence-corrected chi connectivity index (χ1v) is 1.95. The van der Waals surface area contributed by atoms with Crippen molar-refractivity contribution in [1.29, 1.82) is 0 Å². The molecule has 0 bridgehead atoms. The Morgan fingerprint density at radius 1 is 1.40 bits per heavy atom. The van der Waals surface area contributed by atoms with Gasteiger partial charge in [-0.15, -0.1) is 0 Å². The van der Waals surface area contributed by atoms with Crippen LogP contribution in [0, 0.1) is 0 Å². The van der Waals surface area contributed by atoms with Gasteiger partial charge in [0.2, 0.25) is 6.29 Å². The Balaban J connectivity index is -0.0000000326. The first-order chi connectivity index (χ1) is 3.68. The average Bonchev–Trinajstić information content (AvgIpc) is 1.69. The molecule has 0 spiro atoms. The number of hydrogen-bond donors (Lipinski definition) is 1.